The molecule has 1 aromatic heterocycles. The van der Waals surface area contributed by atoms with Crippen LogP contribution in [0.1, 0.15) is 59.1 Å². The SMILES string of the molecule is CCCCCn1c(C)cc(=O)c(C(=O)Nc2cc(C)ccc2C)c1C. The van der Waals surface area contributed by atoms with Gasteiger partial charge in [0.05, 0.1) is 0 Å². The zero-order valence-electron chi connectivity index (χ0n) is 15.9. The number of hydrogen-bond acceptors (Lipinski definition) is 2. The van der Waals surface area contributed by atoms with Gasteiger partial charge in [0.1, 0.15) is 5.56 Å². The van der Waals surface area contributed by atoms with Crippen molar-refractivity contribution in [2.45, 2.75) is 60.4 Å². The minimum atomic E-state index is -0.333. The lowest BCUT2D eigenvalue weighted by atomic mass is 10.1. The molecule has 25 heavy (non-hydrogen) atoms. The Kier molecular flexibility index (Phi) is 6.18. The lowest BCUT2D eigenvalue weighted by molar-refractivity contribution is 0.102. The second-order valence-electron chi connectivity index (χ2n) is 6.74. The predicted molar refractivity (Wildman–Crippen MR) is 104 cm³/mol. The first-order valence-electron chi connectivity index (χ1n) is 8.94. The third-order valence-corrected chi connectivity index (χ3v) is 4.63. The maximum Gasteiger partial charge on any atom is 0.261 e. The maximum atomic E-state index is 12.8. The van der Waals surface area contributed by atoms with E-state index in [0.29, 0.717) is 0 Å². The summed E-state index contributed by atoms with van der Waals surface area (Å²) in [5.74, 6) is -0.333. The first kappa shape index (κ1) is 19.0. The van der Waals surface area contributed by atoms with Gasteiger partial charge in [0, 0.05) is 29.7 Å². The topological polar surface area (TPSA) is 51.1 Å². The number of carbonyl (C=O) groups excluding carboxylic acids is 1. The van der Waals surface area contributed by atoms with E-state index in [1.807, 2.05) is 45.9 Å². The highest BCUT2D eigenvalue weighted by atomic mass is 16.2. The van der Waals surface area contributed by atoms with Gasteiger partial charge < -0.3 is 9.88 Å². The molecule has 0 spiro atoms. The average molecular weight is 340 g/mol. The van der Waals surface area contributed by atoms with E-state index in [0.717, 1.165) is 54.0 Å². The van der Waals surface area contributed by atoms with Crippen LogP contribution in [0.5, 0.6) is 0 Å². The van der Waals surface area contributed by atoms with Crippen molar-refractivity contribution < 1.29 is 4.79 Å². The zero-order chi connectivity index (χ0) is 18.6. The second-order valence-corrected chi connectivity index (χ2v) is 6.74. The van der Waals surface area contributed by atoms with Gasteiger partial charge in [-0.1, -0.05) is 31.9 Å². The normalized spacial score (nSPS) is 10.8. The third kappa shape index (κ3) is 4.38. The van der Waals surface area contributed by atoms with E-state index in [4.69, 9.17) is 0 Å². The van der Waals surface area contributed by atoms with Crippen molar-refractivity contribution >= 4 is 11.6 Å². The Morgan fingerprint density at radius 1 is 1.08 bits per heavy atom. The van der Waals surface area contributed by atoms with Gasteiger partial charge in [-0.25, -0.2) is 0 Å². The third-order valence-electron chi connectivity index (χ3n) is 4.63. The van der Waals surface area contributed by atoms with E-state index in [9.17, 15) is 9.59 Å². The molecule has 0 aliphatic heterocycles. The summed E-state index contributed by atoms with van der Waals surface area (Å²) in [5, 5.41) is 2.91. The fraction of sp³-hybridized carbons (Fsp3) is 0.429. The standard InChI is InChI=1S/C21H28N2O2/c1-6-7-8-11-23-16(4)13-19(24)20(17(23)5)21(25)22-18-12-14(2)9-10-15(18)3/h9-10,12-13H,6-8,11H2,1-5H3,(H,22,25). The van der Waals surface area contributed by atoms with Crippen LogP contribution in [0, 0.1) is 27.7 Å². The van der Waals surface area contributed by atoms with Crippen LogP contribution in [-0.4, -0.2) is 10.5 Å². The summed E-state index contributed by atoms with van der Waals surface area (Å²) >= 11 is 0. The highest BCUT2D eigenvalue weighted by Gasteiger charge is 2.18. The van der Waals surface area contributed by atoms with E-state index < -0.39 is 0 Å². The van der Waals surface area contributed by atoms with Crippen LogP contribution in [0.2, 0.25) is 0 Å². The van der Waals surface area contributed by atoms with Crippen molar-refractivity contribution in [3.8, 4) is 0 Å². The summed E-state index contributed by atoms with van der Waals surface area (Å²) in [7, 11) is 0. The van der Waals surface area contributed by atoms with Gasteiger partial charge in [-0.05, 0) is 51.3 Å². The van der Waals surface area contributed by atoms with Gasteiger partial charge >= 0.3 is 0 Å². The molecular weight excluding hydrogens is 312 g/mol. The number of aryl methyl sites for hydroxylation is 3. The molecule has 0 saturated carbocycles. The van der Waals surface area contributed by atoms with Crippen LogP contribution < -0.4 is 10.7 Å². The predicted octanol–water partition coefficient (Wildman–Crippen LogP) is 4.52. The monoisotopic (exact) mass is 340 g/mol. The Bertz CT molecular complexity index is 835. The molecule has 134 valence electrons. The Morgan fingerprint density at radius 2 is 1.80 bits per heavy atom. The zero-order valence-corrected chi connectivity index (χ0v) is 15.9. The van der Waals surface area contributed by atoms with Gasteiger partial charge in [0.15, 0.2) is 5.43 Å². The Labute approximate surface area is 149 Å². The summed E-state index contributed by atoms with van der Waals surface area (Å²) in [6.07, 6.45) is 3.31. The first-order valence-corrected chi connectivity index (χ1v) is 8.94. The number of anilines is 1. The first-order chi connectivity index (χ1) is 11.8. The van der Waals surface area contributed by atoms with E-state index in [1.54, 1.807) is 6.07 Å². The lowest BCUT2D eigenvalue weighted by Gasteiger charge is -2.18. The number of rotatable bonds is 6. The smallest absolute Gasteiger partial charge is 0.261 e. The van der Waals surface area contributed by atoms with E-state index in [-0.39, 0.29) is 16.9 Å². The van der Waals surface area contributed by atoms with Gasteiger partial charge in [-0.3, -0.25) is 9.59 Å². The lowest BCUT2D eigenvalue weighted by Crippen LogP contribution is -2.27. The van der Waals surface area contributed by atoms with Gasteiger partial charge in [-0.15, -0.1) is 0 Å². The largest absolute Gasteiger partial charge is 0.348 e. The molecule has 4 heteroatoms. The molecule has 1 N–H and O–H groups in total. The van der Waals surface area contributed by atoms with Crippen molar-refractivity contribution in [2.75, 3.05) is 5.32 Å². The van der Waals surface area contributed by atoms with Crippen LogP contribution in [0.25, 0.3) is 0 Å². The van der Waals surface area contributed by atoms with Gasteiger partial charge in [0.25, 0.3) is 5.91 Å². The molecule has 0 radical (unpaired) electrons. The number of unbranched alkanes of at least 4 members (excludes halogenated alkanes) is 2. The summed E-state index contributed by atoms with van der Waals surface area (Å²) in [6, 6.07) is 7.46. The number of hydrogen-bond donors (Lipinski definition) is 1. The van der Waals surface area contributed by atoms with E-state index in [1.165, 1.54) is 0 Å². The van der Waals surface area contributed by atoms with Crippen molar-refractivity contribution in [1.29, 1.82) is 0 Å². The number of amides is 1. The minimum absolute atomic E-state index is 0.218. The van der Waals surface area contributed by atoms with Gasteiger partial charge in [0.2, 0.25) is 0 Å². The Morgan fingerprint density at radius 3 is 2.48 bits per heavy atom. The molecular formula is C21H28N2O2. The highest BCUT2D eigenvalue weighted by molar-refractivity contribution is 6.05. The summed E-state index contributed by atoms with van der Waals surface area (Å²) < 4.78 is 2.08. The Hall–Kier alpha value is -2.36. The number of aromatic nitrogens is 1. The van der Waals surface area contributed by atoms with Crippen LogP contribution >= 0.6 is 0 Å². The molecule has 1 heterocycles. The average Bonchev–Trinajstić information content (AvgIpc) is 2.54. The van der Waals surface area contributed by atoms with Crippen LogP contribution in [0.3, 0.4) is 0 Å². The second kappa shape index (κ2) is 8.15. The van der Waals surface area contributed by atoms with Crippen LogP contribution in [0.4, 0.5) is 5.69 Å². The fourth-order valence-corrected chi connectivity index (χ4v) is 3.11. The summed E-state index contributed by atoms with van der Waals surface area (Å²) in [5.41, 5.74) is 4.46. The molecule has 0 fully saturated rings. The molecule has 0 aliphatic rings. The van der Waals surface area contributed by atoms with Crippen molar-refractivity contribution in [3.05, 3.63) is 62.6 Å². The summed E-state index contributed by atoms with van der Waals surface area (Å²) in [4.78, 5) is 25.2. The molecule has 0 bridgehead atoms. The quantitative estimate of drug-likeness (QED) is 0.786. The number of benzene rings is 1. The molecule has 1 amide bonds. The summed E-state index contributed by atoms with van der Waals surface area (Å²) in [6.45, 7) is 10.7. The molecule has 4 nitrogen and oxygen atoms in total. The van der Waals surface area contributed by atoms with Crippen molar-refractivity contribution in [3.63, 3.8) is 0 Å². The minimum Gasteiger partial charge on any atom is -0.348 e. The molecule has 0 atom stereocenters. The number of pyridine rings is 1. The fourth-order valence-electron chi connectivity index (χ4n) is 3.11. The number of carbonyl (C=O) groups is 1. The van der Waals surface area contributed by atoms with Crippen LogP contribution in [0.15, 0.2) is 29.1 Å². The molecule has 0 saturated heterocycles. The molecule has 0 aliphatic carbocycles. The van der Waals surface area contributed by atoms with E-state index in [2.05, 4.69) is 16.8 Å². The van der Waals surface area contributed by atoms with Crippen molar-refractivity contribution in [1.82, 2.24) is 4.57 Å². The number of nitrogens with one attached hydrogen (secondary N) is 1. The molecule has 0 unspecified atom stereocenters. The maximum absolute atomic E-state index is 12.8. The molecule has 1 aromatic carbocycles. The molecule has 2 rings (SSSR count). The van der Waals surface area contributed by atoms with Gasteiger partial charge in [-0.2, -0.15) is 0 Å². The number of nitrogens with zero attached hydrogens (tertiary/aromatic N) is 1. The molecule has 2 aromatic rings. The van der Waals surface area contributed by atoms with Crippen molar-refractivity contribution in [2.24, 2.45) is 0 Å². The highest BCUT2D eigenvalue weighted by Crippen LogP contribution is 2.18. The van der Waals surface area contributed by atoms with E-state index >= 15 is 0 Å². The Balaban J connectivity index is 2.37. The van der Waals surface area contributed by atoms with Crippen LogP contribution in [-0.2, 0) is 6.54 Å².